The summed E-state index contributed by atoms with van der Waals surface area (Å²) >= 11 is 0. The number of rotatable bonds is 1. The van der Waals surface area contributed by atoms with E-state index in [0.29, 0.717) is 5.57 Å². The average molecular weight is 200 g/mol. The van der Waals surface area contributed by atoms with E-state index in [2.05, 4.69) is 5.32 Å². The molecule has 1 aromatic rings. The van der Waals surface area contributed by atoms with Gasteiger partial charge in [-0.2, -0.15) is 0 Å². The zero-order chi connectivity index (χ0) is 10.7. The Morgan fingerprint density at radius 2 is 1.93 bits per heavy atom. The summed E-state index contributed by atoms with van der Waals surface area (Å²) in [5, 5.41) is 2.66. The van der Waals surface area contributed by atoms with Crippen LogP contribution in [-0.4, -0.2) is 5.91 Å². The van der Waals surface area contributed by atoms with E-state index in [1.165, 1.54) is 0 Å². The molecule has 0 saturated heterocycles. The maximum atomic E-state index is 11.3. The average Bonchev–Trinajstić information content (AvgIpc) is 2.43. The summed E-state index contributed by atoms with van der Waals surface area (Å²) in [6.45, 7) is 1.79. The van der Waals surface area contributed by atoms with Crippen molar-refractivity contribution >= 4 is 11.6 Å². The zero-order valence-electron chi connectivity index (χ0n) is 8.47. The molecule has 15 heavy (non-hydrogen) atoms. The third kappa shape index (κ3) is 2.07. The van der Waals surface area contributed by atoms with Crippen LogP contribution < -0.4 is 10.2 Å². The lowest BCUT2D eigenvalue weighted by atomic mass is 10.3. The van der Waals surface area contributed by atoms with Crippen LogP contribution in [0.3, 0.4) is 0 Å². The predicted octanol–water partition coefficient (Wildman–Crippen LogP) is 2.00. The summed E-state index contributed by atoms with van der Waals surface area (Å²) in [6.07, 6.45) is 5.28. The minimum absolute atomic E-state index is 0.0651. The van der Waals surface area contributed by atoms with Crippen molar-refractivity contribution in [2.24, 2.45) is 0 Å². The van der Waals surface area contributed by atoms with Gasteiger partial charge in [0.1, 0.15) is 0 Å². The minimum Gasteiger partial charge on any atom is -0.327 e. The van der Waals surface area contributed by atoms with Gasteiger partial charge in [-0.25, -0.2) is 0 Å². The van der Waals surface area contributed by atoms with Gasteiger partial charge in [-0.3, -0.25) is 4.79 Å². The highest BCUT2D eigenvalue weighted by atomic mass is 16.1. The van der Waals surface area contributed by atoms with E-state index in [4.69, 9.17) is 0 Å². The normalized spacial score (nSPS) is 15.7. The topological polar surface area (TPSA) is 32.3 Å². The van der Waals surface area contributed by atoms with Gasteiger partial charge in [-0.15, -0.1) is 0 Å². The Hall–Kier alpha value is -2.03. The third-order valence-electron chi connectivity index (χ3n) is 2.19. The molecule has 0 radical (unpaired) electrons. The number of carbonyl (C=O) groups is 1. The summed E-state index contributed by atoms with van der Waals surface area (Å²) in [4.78, 5) is 13.2. The van der Waals surface area contributed by atoms with Crippen molar-refractivity contribution < 1.29 is 4.79 Å². The van der Waals surface area contributed by atoms with E-state index in [-0.39, 0.29) is 5.91 Å². The lowest BCUT2D eigenvalue weighted by Gasteiger charge is -2.14. The van der Waals surface area contributed by atoms with Crippen LogP contribution in [0.5, 0.6) is 0 Å². The molecule has 2 rings (SSSR count). The number of hydrogen-bond acceptors (Lipinski definition) is 2. The molecule has 0 saturated carbocycles. The fraction of sp³-hybridized carbons (Fsp3) is 0.0833. The van der Waals surface area contributed by atoms with Crippen LogP contribution in [0.15, 0.2) is 54.5 Å². The van der Waals surface area contributed by atoms with Gasteiger partial charge in [0, 0.05) is 29.9 Å². The van der Waals surface area contributed by atoms with Gasteiger partial charge in [-0.1, -0.05) is 18.2 Å². The fourth-order valence-corrected chi connectivity index (χ4v) is 1.38. The highest BCUT2D eigenvalue weighted by Crippen LogP contribution is 2.16. The largest absolute Gasteiger partial charge is 0.327 e. The van der Waals surface area contributed by atoms with Crippen LogP contribution >= 0.6 is 0 Å². The van der Waals surface area contributed by atoms with Gasteiger partial charge in [0.2, 0.25) is 0 Å². The molecule has 1 aliphatic heterocycles. The lowest BCUT2D eigenvalue weighted by molar-refractivity contribution is -0.116. The van der Waals surface area contributed by atoms with E-state index >= 15 is 0 Å². The maximum Gasteiger partial charge on any atom is 0.252 e. The van der Waals surface area contributed by atoms with E-state index in [1.54, 1.807) is 13.1 Å². The summed E-state index contributed by atoms with van der Waals surface area (Å²) in [6, 6.07) is 9.87. The summed E-state index contributed by atoms with van der Waals surface area (Å²) < 4.78 is 0. The molecular weight excluding hydrogens is 188 g/mol. The van der Waals surface area contributed by atoms with Gasteiger partial charge in [0.25, 0.3) is 5.91 Å². The van der Waals surface area contributed by atoms with Crippen molar-refractivity contribution in [2.45, 2.75) is 6.92 Å². The van der Waals surface area contributed by atoms with E-state index in [9.17, 15) is 4.79 Å². The van der Waals surface area contributed by atoms with Crippen LogP contribution in [0.25, 0.3) is 0 Å². The smallest absolute Gasteiger partial charge is 0.252 e. The van der Waals surface area contributed by atoms with Crippen LogP contribution in [0, 0.1) is 0 Å². The second-order valence-corrected chi connectivity index (χ2v) is 3.34. The number of carbonyl (C=O) groups excluding carboxylic acids is 1. The van der Waals surface area contributed by atoms with Crippen molar-refractivity contribution in [2.75, 3.05) is 4.90 Å². The van der Waals surface area contributed by atoms with Crippen LogP contribution in [0.4, 0.5) is 5.69 Å². The quantitative estimate of drug-likeness (QED) is 0.752. The number of anilines is 1. The van der Waals surface area contributed by atoms with Crippen molar-refractivity contribution in [3.8, 4) is 0 Å². The van der Waals surface area contributed by atoms with Crippen molar-refractivity contribution in [3.05, 3.63) is 54.5 Å². The number of para-hydroxylation sites is 1. The maximum absolute atomic E-state index is 11.3. The minimum atomic E-state index is -0.0651. The van der Waals surface area contributed by atoms with Gasteiger partial charge in [-0.05, 0) is 19.1 Å². The van der Waals surface area contributed by atoms with Crippen LogP contribution in [0.2, 0.25) is 0 Å². The Kier molecular flexibility index (Phi) is 2.54. The molecule has 0 aromatic heterocycles. The molecule has 0 aliphatic carbocycles. The Labute approximate surface area is 88.7 Å². The van der Waals surface area contributed by atoms with Gasteiger partial charge < -0.3 is 10.2 Å². The molecule has 1 aliphatic rings. The summed E-state index contributed by atoms with van der Waals surface area (Å²) in [5.41, 5.74) is 1.72. The fourth-order valence-electron chi connectivity index (χ4n) is 1.38. The van der Waals surface area contributed by atoms with Crippen molar-refractivity contribution in [3.63, 3.8) is 0 Å². The first kappa shape index (κ1) is 9.52. The number of hydrogen-bond donors (Lipinski definition) is 1. The third-order valence-corrected chi connectivity index (χ3v) is 2.19. The second-order valence-electron chi connectivity index (χ2n) is 3.34. The molecule has 1 heterocycles. The molecule has 0 unspecified atom stereocenters. The molecule has 1 N–H and O–H groups in total. The summed E-state index contributed by atoms with van der Waals surface area (Å²) in [5.74, 6) is -0.0651. The number of amides is 1. The predicted molar refractivity (Wildman–Crippen MR) is 60.0 cm³/mol. The molecule has 0 fully saturated rings. The summed E-state index contributed by atoms with van der Waals surface area (Å²) in [7, 11) is 0. The highest BCUT2D eigenvalue weighted by molar-refractivity contribution is 5.94. The van der Waals surface area contributed by atoms with Gasteiger partial charge >= 0.3 is 0 Å². The van der Waals surface area contributed by atoms with Crippen LogP contribution in [-0.2, 0) is 4.79 Å². The van der Waals surface area contributed by atoms with Crippen molar-refractivity contribution in [1.29, 1.82) is 0 Å². The second kappa shape index (κ2) is 4.00. The van der Waals surface area contributed by atoms with E-state index < -0.39 is 0 Å². The number of nitrogens with one attached hydrogen (secondary N) is 1. The molecule has 1 aromatic carbocycles. The first-order valence-electron chi connectivity index (χ1n) is 4.77. The molecule has 3 nitrogen and oxygen atoms in total. The van der Waals surface area contributed by atoms with E-state index in [1.807, 2.05) is 47.6 Å². The lowest BCUT2D eigenvalue weighted by Crippen LogP contribution is -2.16. The van der Waals surface area contributed by atoms with E-state index in [0.717, 1.165) is 5.69 Å². The molecule has 76 valence electrons. The molecule has 0 spiro atoms. The Morgan fingerprint density at radius 1 is 1.20 bits per heavy atom. The monoisotopic (exact) mass is 200 g/mol. The Balaban J connectivity index is 2.34. The Bertz CT molecular complexity index is 421. The Morgan fingerprint density at radius 3 is 2.67 bits per heavy atom. The van der Waals surface area contributed by atoms with Gasteiger partial charge in [0.15, 0.2) is 0 Å². The molecular formula is C12H12N2O. The van der Waals surface area contributed by atoms with Crippen molar-refractivity contribution in [1.82, 2.24) is 5.32 Å². The standard InChI is InChI=1S/C12H12N2O/c1-10-9-14(8-7-13-12(10)15)11-5-3-2-4-6-11/h2-9H,1H3,(H,13,15). The molecule has 0 bridgehead atoms. The molecule has 3 heteroatoms. The number of benzene rings is 1. The molecule has 0 atom stereocenters. The van der Waals surface area contributed by atoms with Crippen LogP contribution in [0.1, 0.15) is 6.92 Å². The highest BCUT2D eigenvalue weighted by Gasteiger charge is 2.08. The van der Waals surface area contributed by atoms with Gasteiger partial charge in [0.05, 0.1) is 0 Å². The molecule has 1 amide bonds. The first-order valence-corrected chi connectivity index (χ1v) is 4.77. The zero-order valence-corrected chi connectivity index (χ0v) is 8.47. The first-order chi connectivity index (χ1) is 7.27. The SMILES string of the molecule is CC1=CN(c2ccccc2)C=CNC1=O. The number of nitrogens with zero attached hydrogens (tertiary/aromatic N) is 1.